The number of allylic oxidation sites excluding steroid dienone is 4. The van der Waals surface area contributed by atoms with Crippen molar-refractivity contribution in [2.75, 3.05) is 6.61 Å². The van der Waals surface area contributed by atoms with Crippen molar-refractivity contribution in [3.63, 3.8) is 0 Å². The second-order valence-corrected chi connectivity index (χ2v) is 10.6. The lowest BCUT2D eigenvalue weighted by Crippen LogP contribution is -2.73. The fourth-order valence-electron chi connectivity index (χ4n) is 6.90. The predicted octanol–water partition coefficient (Wildman–Crippen LogP) is 2.55. The fourth-order valence-corrected chi connectivity index (χ4v) is 7.39. The molecule has 0 aromatic rings. The van der Waals surface area contributed by atoms with E-state index in [2.05, 4.69) is 6.58 Å². The number of rotatable bonds is 3. The van der Waals surface area contributed by atoms with Crippen LogP contribution in [0.3, 0.4) is 0 Å². The van der Waals surface area contributed by atoms with Gasteiger partial charge in [0.1, 0.15) is 6.17 Å². The van der Waals surface area contributed by atoms with Gasteiger partial charge in [-0.25, -0.2) is 8.78 Å². The Hall–Kier alpha value is -1.90. The number of aliphatic hydroxyl groups excluding tert-OH is 1. The summed E-state index contributed by atoms with van der Waals surface area (Å²) < 4.78 is 37.5. The normalized spacial score (nSPS) is 48.5. The number of carbonyl (C=O) groups excluding carboxylic acids is 3. The summed E-state index contributed by atoms with van der Waals surface area (Å²) in [6, 6.07) is 0. The minimum atomic E-state index is -2.47. The van der Waals surface area contributed by atoms with Gasteiger partial charge in [0.2, 0.25) is 5.78 Å². The molecular weight excluding hydrogens is 458 g/mol. The third kappa shape index (κ3) is 2.80. The zero-order valence-electron chi connectivity index (χ0n) is 18.6. The van der Waals surface area contributed by atoms with E-state index in [-0.39, 0.29) is 24.0 Å². The van der Waals surface area contributed by atoms with Gasteiger partial charge in [0, 0.05) is 23.7 Å². The van der Waals surface area contributed by atoms with Crippen LogP contribution in [-0.2, 0) is 19.1 Å². The van der Waals surface area contributed by atoms with Crippen LogP contribution < -0.4 is 0 Å². The Morgan fingerprint density at radius 3 is 2.61 bits per heavy atom. The molecule has 0 aromatic heterocycles. The third-order valence-electron chi connectivity index (χ3n) is 8.65. The number of fused-ring (bicyclic) bond motifs is 5. The van der Waals surface area contributed by atoms with Crippen molar-refractivity contribution in [3.8, 4) is 0 Å². The van der Waals surface area contributed by atoms with Gasteiger partial charge in [0.15, 0.2) is 23.7 Å². The van der Waals surface area contributed by atoms with E-state index in [9.17, 15) is 24.6 Å². The van der Waals surface area contributed by atoms with Gasteiger partial charge in [0.05, 0.1) is 11.5 Å². The molecule has 4 aliphatic rings. The van der Waals surface area contributed by atoms with Crippen LogP contribution in [0.2, 0.25) is 0 Å². The molecule has 4 aliphatic carbocycles. The molecule has 33 heavy (non-hydrogen) atoms. The number of hydrogen-bond acceptors (Lipinski definition) is 6. The number of ketones is 2. The molecule has 3 fully saturated rings. The van der Waals surface area contributed by atoms with Crippen molar-refractivity contribution in [2.24, 2.45) is 22.7 Å². The summed E-state index contributed by atoms with van der Waals surface area (Å²) in [4.78, 5) is 36.2. The van der Waals surface area contributed by atoms with Crippen molar-refractivity contribution >= 4 is 29.1 Å². The van der Waals surface area contributed by atoms with Gasteiger partial charge in [-0.3, -0.25) is 14.4 Å². The van der Waals surface area contributed by atoms with Crippen molar-refractivity contribution in [2.45, 2.75) is 62.5 Å². The first-order valence-corrected chi connectivity index (χ1v) is 11.3. The standard InChI is InChI=1S/C24H27ClF2O6/c1-11-7-14-18-19(25)20(26)15-8-13(29)5-6-21(15,3)23(18,27)16(30)9-22(14,4)24(11,32)17(31)10-33-12(2)28/h5-6,8,14,16,18-20,30,32H,1,7,9-10H2,2-4H3/t14-,16-,18+,19-,20-,21-,22-,23+,24-/m0/s1. The Morgan fingerprint density at radius 1 is 1.36 bits per heavy atom. The minimum absolute atomic E-state index is 0.0322. The second-order valence-electron chi connectivity index (χ2n) is 10.1. The third-order valence-corrected chi connectivity index (χ3v) is 9.14. The molecule has 0 bridgehead atoms. The molecule has 0 aromatic carbocycles. The SMILES string of the molecule is C=C1C[C@H]2[C@@H]3[C@H](Cl)[C@@H](F)C4=CC(=O)C=C[C@]4(C)[C@@]3(F)[C@@H](O)C[C@]2(C)[C@@]1(O)C(=O)COC(C)=O. The molecule has 0 radical (unpaired) electrons. The maximum Gasteiger partial charge on any atom is 0.303 e. The smallest absolute Gasteiger partial charge is 0.303 e. The van der Waals surface area contributed by atoms with Gasteiger partial charge in [-0.2, -0.15) is 0 Å². The van der Waals surface area contributed by atoms with Crippen LogP contribution >= 0.6 is 11.6 Å². The van der Waals surface area contributed by atoms with E-state index in [1.54, 1.807) is 0 Å². The quantitative estimate of drug-likeness (QED) is 0.363. The minimum Gasteiger partial charge on any atom is -0.458 e. The zero-order valence-corrected chi connectivity index (χ0v) is 19.4. The second kappa shape index (κ2) is 7.30. The van der Waals surface area contributed by atoms with E-state index in [0.717, 1.165) is 19.1 Å². The molecule has 180 valence electrons. The number of aliphatic hydroxyl groups is 2. The molecule has 9 heteroatoms. The van der Waals surface area contributed by atoms with E-state index in [1.807, 2.05) is 0 Å². The Balaban J connectivity index is 1.84. The zero-order chi connectivity index (χ0) is 24.7. The molecule has 6 nitrogen and oxygen atoms in total. The summed E-state index contributed by atoms with van der Waals surface area (Å²) in [7, 11) is 0. The van der Waals surface area contributed by atoms with Gasteiger partial charge in [-0.05, 0) is 49.0 Å². The van der Waals surface area contributed by atoms with Crippen molar-refractivity contribution < 1.29 is 38.1 Å². The molecule has 2 N–H and O–H groups in total. The van der Waals surface area contributed by atoms with E-state index in [4.69, 9.17) is 16.3 Å². The average Bonchev–Trinajstić information content (AvgIpc) is 2.93. The highest BCUT2D eigenvalue weighted by Gasteiger charge is 2.77. The van der Waals surface area contributed by atoms with Gasteiger partial charge < -0.3 is 14.9 Å². The first-order chi connectivity index (χ1) is 15.2. The van der Waals surface area contributed by atoms with Crippen LogP contribution in [0.4, 0.5) is 8.78 Å². The van der Waals surface area contributed by atoms with E-state index in [0.29, 0.717) is 0 Å². The van der Waals surface area contributed by atoms with E-state index in [1.165, 1.54) is 19.9 Å². The van der Waals surface area contributed by atoms with E-state index >= 15 is 8.78 Å². The van der Waals surface area contributed by atoms with Gasteiger partial charge >= 0.3 is 5.97 Å². The summed E-state index contributed by atoms with van der Waals surface area (Å²) in [5.74, 6) is -4.22. The molecule has 0 saturated heterocycles. The lowest BCUT2D eigenvalue weighted by molar-refractivity contribution is -0.219. The Morgan fingerprint density at radius 2 is 2.00 bits per heavy atom. The van der Waals surface area contributed by atoms with E-state index < -0.39 is 75.7 Å². The number of hydrogen-bond donors (Lipinski definition) is 2. The highest BCUT2D eigenvalue weighted by atomic mass is 35.5. The summed E-state index contributed by atoms with van der Waals surface area (Å²) in [5, 5.41) is 21.4. The molecule has 0 heterocycles. The lowest BCUT2D eigenvalue weighted by Gasteiger charge is -2.64. The number of halogens is 3. The number of Topliss-reactive ketones (excluding diaryl/α,β-unsaturated/α-hetero) is 1. The van der Waals surface area contributed by atoms with Crippen molar-refractivity contribution in [1.82, 2.24) is 0 Å². The summed E-state index contributed by atoms with van der Waals surface area (Å²) in [6.45, 7) is 7.18. The largest absolute Gasteiger partial charge is 0.458 e. The number of esters is 1. The molecule has 0 spiro atoms. The molecule has 0 unspecified atom stereocenters. The van der Waals surface area contributed by atoms with Crippen LogP contribution in [0.15, 0.2) is 36.0 Å². The maximum absolute atomic E-state index is 17.2. The predicted molar refractivity (Wildman–Crippen MR) is 115 cm³/mol. The highest BCUT2D eigenvalue weighted by molar-refractivity contribution is 6.22. The number of carbonyl (C=O) groups is 3. The number of ether oxygens (including phenoxy) is 1. The Bertz CT molecular complexity index is 1020. The highest BCUT2D eigenvalue weighted by Crippen LogP contribution is 2.71. The molecule has 4 rings (SSSR count). The Labute approximate surface area is 195 Å². The fraction of sp³-hybridized carbons (Fsp3) is 0.625. The molecule has 3 saturated carbocycles. The maximum atomic E-state index is 17.2. The molecule has 9 atom stereocenters. The summed E-state index contributed by atoms with van der Waals surface area (Å²) >= 11 is 6.51. The molecular formula is C24H27ClF2O6. The Kier molecular flexibility index (Phi) is 5.36. The summed E-state index contributed by atoms with van der Waals surface area (Å²) in [6.07, 6.45) is -0.551. The van der Waals surface area contributed by atoms with Crippen LogP contribution in [0, 0.1) is 22.7 Å². The van der Waals surface area contributed by atoms with Gasteiger partial charge in [-0.1, -0.05) is 19.6 Å². The monoisotopic (exact) mass is 484 g/mol. The molecule has 0 amide bonds. The van der Waals surface area contributed by atoms with Crippen molar-refractivity contribution in [1.29, 1.82) is 0 Å². The van der Waals surface area contributed by atoms with Crippen LogP contribution in [0.25, 0.3) is 0 Å². The first-order valence-electron chi connectivity index (χ1n) is 10.8. The molecule has 0 aliphatic heterocycles. The first kappa shape index (κ1) is 24.2. The number of alkyl halides is 3. The van der Waals surface area contributed by atoms with Crippen LogP contribution in [0.1, 0.15) is 33.6 Å². The summed E-state index contributed by atoms with van der Waals surface area (Å²) in [5.41, 5.74) is -7.86. The topological polar surface area (TPSA) is 101 Å². The van der Waals surface area contributed by atoms with Crippen molar-refractivity contribution in [3.05, 3.63) is 36.0 Å². The van der Waals surface area contributed by atoms with Crippen LogP contribution in [0.5, 0.6) is 0 Å². The lowest BCUT2D eigenvalue weighted by atomic mass is 9.44. The van der Waals surface area contributed by atoms with Gasteiger partial charge in [0.25, 0.3) is 0 Å². The average molecular weight is 485 g/mol. The van der Waals surface area contributed by atoms with Gasteiger partial charge in [-0.15, -0.1) is 11.6 Å². The van der Waals surface area contributed by atoms with Crippen LogP contribution in [-0.4, -0.2) is 63.3 Å².